The topological polar surface area (TPSA) is 89.8 Å². The number of rotatable bonds is 4. The Hall–Kier alpha value is -3.02. The minimum absolute atomic E-state index is 0.199. The summed E-state index contributed by atoms with van der Waals surface area (Å²) < 4.78 is 42.0. The first kappa shape index (κ1) is 20.3. The monoisotopic (exact) mass is 424 g/mol. The van der Waals surface area contributed by atoms with Gasteiger partial charge in [-0.2, -0.15) is 9.57 Å². The predicted molar refractivity (Wildman–Crippen MR) is 110 cm³/mol. The Labute approximate surface area is 175 Å². The second kappa shape index (κ2) is 8.01. The number of imidazole rings is 1. The Balaban J connectivity index is 1.69. The molecule has 0 bridgehead atoms. The molecule has 0 saturated carbocycles. The minimum Gasteiger partial charge on any atom is -0.341 e. The average Bonchev–Trinajstić information content (AvgIpc) is 3.23. The fourth-order valence-corrected chi connectivity index (χ4v) is 5.78. The van der Waals surface area contributed by atoms with Gasteiger partial charge in [-0.25, -0.2) is 17.8 Å². The number of aryl methyl sites for hydroxylation is 1. The van der Waals surface area contributed by atoms with Gasteiger partial charge in [-0.1, -0.05) is 18.6 Å². The minimum atomic E-state index is -3.77. The van der Waals surface area contributed by atoms with Gasteiger partial charge in [-0.3, -0.25) is 0 Å². The maximum absolute atomic E-state index is 13.6. The molecule has 1 atom stereocenters. The van der Waals surface area contributed by atoms with Gasteiger partial charge in [0.15, 0.2) is 0 Å². The number of hydrogen-bond acceptors (Lipinski definition) is 4. The van der Waals surface area contributed by atoms with E-state index in [9.17, 15) is 12.8 Å². The van der Waals surface area contributed by atoms with E-state index in [1.54, 1.807) is 31.3 Å². The molecule has 1 fully saturated rings. The number of benzene rings is 2. The van der Waals surface area contributed by atoms with Crippen LogP contribution in [0.1, 0.15) is 42.3 Å². The molecule has 2 heterocycles. The zero-order valence-corrected chi connectivity index (χ0v) is 17.3. The molecular formula is C22H21FN4O2S. The standard InChI is InChI=1S/C22H21FN4O2S/c1-15-11-16(13-24)8-9-21(15)30(28,29)27-10-3-2-7-20(27)22-25-14-19(26-22)17-5-4-6-18(23)12-17/h4-6,8-9,11-12,14,20H,2-3,7,10H2,1H3,(H,25,26)/t20-/m1/s1. The van der Waals surface area contributed by atoms with Gasteiger partial charge in [0.2, 0.25) is 10.0 Å². The fourth-order valence-electron chi connectivity index (χ4n) is 3.91. The SMILES string of the molecule is Cc1cc(C#N)ccc1S(=O)(=O)N1CCCC[C@@H]1c1ncc(-c2cccc(F)c2)[nH]1. The van der Waals surface area contributed by atoms with Crippen LogP contribution < -0.4 is 0 Å². The molecule has 154 valence electrons. The van der Waals surface area contributed by atoms with E-state index in [-0.39, 0.29) is 10.7 Å². The fraction of sp³-hybridized carbons (Fsp3) is 0.273. The Morgan fingerprint density at radius 3 is 2.80 bits per heavy atom. The Bertz CT molecular complexity index is 1230. The number of nitrogens with one attached hydrogen (secondary N) is 1. The van der Waals surface area contributed by atoms with Gasteiger partial charge in [-0.05, 0) is 55.7 Å². The van der Waals surface area contributed by atoms with E-state index < -0.39 is 16.1 Å². The molecule has 1 N–H and O–H groups in total. The summed E-state index contributed by atoms with van der Waals surface area (Å²) in [6.45, 7) is 2.09. The maximum Gasteiger partial charge on any atom is 0.244 e. The van der Waals surface area contributed by atoms with Crippen molar-refractivity contribution in [3.05, 3.63) is 71.4 Å². The summed E-state index contributed by atoms with van der Waals surface area (Å²) in [5, 5.41) is 9.06. The molecule has 1 aromatic heterocycles. The van der Waals surface area contributed by atoms with Crippen LogP contribution in [0, 0.1) is 24.1 Å². The lowest BCUT2D eigenvalue weighted by Crippen LogP contribution is -2.39. The zero-order valence-electron chi connectivity index (χ0n) is 16.5. The molecule has 1 aliphatic heterocycles. The third-order valence-electron chi connectivity index (χ3n) is 5.39. The van der Waals surface area contributed by atoms with Crippen LogP contribution in [0.3, 0.4) is 0 Å². The van der Waals surface area contributed by atoms with Crippen LogP contribution >= 0.6 is 0 Å². The first-order valence-electron chi connectivity index (χ1n) is 9.73. The number of aromatic amines is 1. The molecule has 8 heteroatoms. The van der Waals surface area contributed by atoms with Crippen LogP contribution in [0.2, 0.25) is 0 Å². The lowest BCUT2D eigenvalue weighted by Gasteiger charge is -2.33. The van der Waals surface area contributed by atoms with Gasteiger partial charge in [0.1, 0.15) is 11.6 Å². The highest BCUT2D eigenvalue weighted by Gasteiger charge is 2.36. The van der Waals surface area contributed by atoms with Crippen molar-refractivity contribution in [2.75, 3.05) is 6.54 Å². The molecule has 2 aromatic carbocycles. The van der Waals surface area contributed by atoms with Gasteiger partial charge < -0.3 is 4.98 Å². The molecule has 1 aliphatic rings. The summed E-state index contributed by atoms with van der Waals surface area (Å²) in [6, 6.07) is 12.4. The lowest BCUT2D eigenvalue weighted by atomic mass is 10.0. The quantitative estimate of drug-likeness (QED) is 0.676. The molecule has 0 spiro atoms. The lowest BCUT2D eigenvalue weighted by molar-refractivity contribution is 0.247. The highest BCUT2D eigenvalue weighted by molar-refractivity contribution is 7.89. The third-order valence-corrected chi connectivity index (χ3v) is 7.46. The molecule has 0 aliphatic carbocycles. The number of nitrogens with zero attached hydrogens (tertiary/aromatic N) is 3. The Morgan fingerprint density at radius 1 is 1.23 bits per heavy atom. The Kier molecular flexibility index (Phi) is 5.41. The second-order valence-corrected chi connectivity index (χ2v) is 9.27. The van der Waals surface area contributed by atoms with Crippen LogP contribution in [-0.4, -0.2) is 29.2 Å². The molecule has 0 amide bonds. The number of sulfonamides is 1. The van der Waals surface area contributed by atoms with Crippen molar-refractivity contribution in [1.29, 1.82) is 5.26 Å². The predicted octanol–water partition coefficient (Wildman–Crippen LogP) is 4.31. The van der Waals surface area contributed by atoms with Crippen molar-refractivity contribution in [1.82, 2.24) is 14.3 Å². The number of nitriles is 1. The average molecular weight is 425 g/mol. The number of hydrogen-bond donors (Lipinski definition) is 1. The first-order valence-corrected chi connectivity index (χ1v) is 11.2. The van der Waals surface area contributed by atoms with E-state index in [1.165, 1.54) is 28.6 Å². The molecule has 3 aromatic rings. The van der Waals surface area contributed by atoms with E-state index in [2.05, 4.69) is 9.97 Å². The molecule has 30 heavy (non-hydrogen) atoms. The molecule has 6 nitrogen and oxygen atoms in total. The van der Waals surface area contributed by atoms with Crippen molar-refractivity contribution in [3.63, 3.8) is 0 Å². The van der Waals surface area contributed by atoms with E-state index in [1.807, 2.05) is 6.07 Å². The number of H-pyrrole nitrogens is 1. The summed E-state index contributed by atoms with van der Waals surface area (Å²) in [5.41, 5.74) is 2.26. The van der Waals surface area contributed by atoms with Crippen LogP contribution in [0.15, 0.2) is 53.6 Å². The highest BCUT2D eigenvalue weighted by atomic mass is 32.2. The van der Waals surface area contributed by atoms with Crippen LogP contribution in [0.25, 0.3) is 11.3 Å². The van der Waals surface area contributed by atoms with E-state index >= 15 is 0 Å². The summed E-state index contributed by atoms with van der Waals surface area (Å²) in [4.78, 5) is 7.81. The van der Waals surface area contributed by atoms with Crippen LogP contribution in [0.4, 0.5) is 4.39 Å². The van der Waals surface area contributed by atoms with Crippen molar-refractivity contribution < 1.29 is 12.8 Å². The van der Waals surface area contributed by atoms with Crippen molar-refractivity contribution in [2.24, 2.45) is 0 Å². The van der Waals surface area contributed by atoms with E-state index in [0.717, 1.165) is 12.8 Å². The maximum atomic E-state index is 13.6. The normalized spacial score (nSPS) is 17.6. The second-order valence-electron chi connectivity index (χ2n) is 7.41. The van der Waals surface area contributed by atoms with Gasteiger partial charge in [0, 0.05) is 12.1 Å². The van der Waals surface area contributed by atoms with Crippen molar-refractivity contribution in [3.8, 4) is 17.3 Å². The first-order chi connectivity index (χ1) is 14.4. The highest BCUT2D eigenvalue weighted by Crippen LogP contribution is 2.36. The third kappa shape index (κ3) is 3.74. The van der Waals surface area contributed by atoms with Crippen molar-refractivity contribution >= 4 is 10.0 Å². The summed E-state index contributed by atoms with van der Waals surface area (Å²) >= 11 is 0. The molecule has 1 saturated heterocycles. The van der Waals surface area contributed by atoms with E-state index in [0.29, 0.717) is 41.2 Å². The molecule has 0 radical (unpaired) electrons. The van der Waals surface area contributed by atoms with E-state index in [4.69, 9.17) is 5.26 Å². The smallest absolute Gasteiger partial charge is 0.244 e. The van der Waals surface area contributed by atoms with Gasteiger partial charge >= 0.3 is 0 Å². The largest absolute Gasteiger partial charge is 0.341 e. The molecule has 4 rings (SSSR count). The van der Waals surface area contributed by atoms with Crippen LogP contribution in [-0.2, 0) is 10.0 Å². The summed E-state index contributed by atoms with van der Waals surface area (Å²) in [7, 11) is -3.77. The number of halogens is 1. The van der Waals surface area contributed by atoms with Gasteiger partial charge in [-0.15, -0.1) is 0 Å². The van der Waals surface area contributed by atoms with Gasteiger partial charge in [0.25, 0.3) is 0 Å². The number of aromatic nitrogens is 2. The summed E-state index contributed by atoms with van der Waals surface area (Å²) in [6.07, 6.45) is 3.91. The molecule has 0 unspecified atom stereocenters. The molecular weight excluding hydrogens is 403 g/mol. The van der Waals surface area contributed by atoms with Crippen molar-refractivity contribution in [2.45, 2.75) is 37.1 Å². The van der Waals surface area contributed by atoms with Crippen LogP contribution in [0.5, 0.6) is 0 Å². The Morgan fingerprint density at radius 2 is 2.07 bits per heavy atom. The number of piperidine rings is 1. The summed E-state index contributed by atoms with van der Waals surface area (Å²) in [5.74, 6) is 0.200. The van der Waals surface area contributed by atoms with Gasteiger partial charge in [0.05, 0.1) is 34.5 Å². The zero-order chi connectivity index (χ0) is 21.3.